The van der Waals surface area contributed by atoms with Gasteiger partial charge in [0.2, 0.25) is 5.95 Å². The molecule has 152 valence electrons. The van der Waals surface area contributed by atoms with Crippen molar-refractivity contribution < 1.29 is 8.78 Å². The second-order valence-corrected chi connectivity index (χ2v) is 7.31. The zero-order valence-corrected chi connectivity index (χ0v) is 16.7. The third kappa shape index (κ3) is 3.24. The maximum atomic E-state index is 12.6. The molecular formula is C18H15F2N9S. The van der Waals surface area contributed by atoms with Crippen molar-refractivity contribution >= 4 is 45.4 Å². The summed E-state index contributed by atoms with van der Waals surface area (Å²) in [7, 11) is 0. The van der Waals surface area contributed by atoms with Gasteiger partial charge in [-0.05, 0) is 31.5 Å². The summed E-state index contributed by atoms with van der Waals surface area (Å²) >= 11 is 1.16. The Balaban J connectivity index is 1.54. The van der Waals surface area contributed by atoms with E-state index in [0.29, 0.717) is 17.3 Å². The lowest BCUT2D eigenvalue weighted by atomic mass is 10.2. The Labute approximate surface area is 172 Å². The monoisotopic (exact) mass is 427 g/mol. The van der Waals surface area contributed by atoms with Crippen molar-refractivity contribution in [2.24, 2.45) is 0 Å². The molecule has 0 fully saturated rings. The average Bonchev–Trinajstić information content (AvgIpc) is 3.41. The van der Waals surface area contributed by atoms with Crippen LogP contribution in [0.3, 0.4) is 0 Å². The third-order valence-corrected chi connectivity index (χ3v) is 5.20. The number of benzene rings is 1. The van der Waals surface area contributed by atoms with Crippen LogP contribution in [0.5, 0.6) is 0 Å². The van der Waals surface area contributed by atoms with Crippen LogP contribution in [-0.2, 0) is 6.54 Å². The topological polar surface area (TPSA) is 99.2 Å². The highest BCUT2D eigenvalue weighted by Crippen LogP contribution is 2.26. The van der Waals surface area contributed by atoms with Gasteiger partial charge in [0.15, 0.2) is 5.65 Å². The van der Waals surface area contributed by atoms with E-state index in [1.54, 1.807) is 10.9 Å². The molecule has 0 unspecified atom stereocenters. The molecular weight excluding hydrogens is 412 g/mol. The first-order valence-corrected chi connectivity index (χ1v) is 9.74. The normalized spacial score (nSPS) is 11.8. The number of alkyl halides is 2. The van der Waals surface area contributed by atoms with Gasteiger partial charge in [0, 0.05) is 11.9 Å². The molecule has 0 saturated carbocycles. The van der Waals surface area contributed by atoms with Crippen molar-refractivity contribution in [3.8, 4) is 5.69 Å². The zero-order valence-electron chi connectivity index (χ0n) is 15.9. The van der Waals surface area contributed by atoms with E-state index in [1.165, 1.54) is 17.1 Å². The van der Waals surface area contributed by atoms with Crippen LogP contribution < -0.4 is 5.32 Å². The van der Waals surface area contributed by atoms with E-state index in [-0.39, 0.29) is 0 Å². The molecule has 0 spiro atoms. The number of halogens is 2. The number of fused-ring (bicyclic) bond motifs is 2. The number of aryl methyl sites for hydroxylation is 2. The standard InChI is InChI=1S/C18H15F2N9S/c1-9-3-14-15(27-30-26-14)4-13(9)23-18-21-6-12-10(2)25-29(17(12)24-18)11-5-22-28(7-11)8-16(19)20/h3-7,16H,8H2,1-2H3,(H,21,23,24). The van der Waals surface area contributed by atoms with Crippen LogP contribution in [0.4, 0.5) is 20.4 Å². The maximum Gasteiger partial charge on any atom is 0.257 e. The molecule has 5 rings (SSSR count). The van der Waals surface area contributed by atoms with Gasteiger partial charge in [-0.25, -0.2) is 18.4 Å². The number of anilines is 2. The molecule has 4 heterocycles. The predicted octanol–water partition coefficient (Wildman–Crippen LogP) is 3.64. The fourth-order valence-corrected chi connectivity index (χ4v) is 3.68. The van der Waals surface area contributed by atoms with Gasteiger partial charge in [-0.15, -0.1) is 0 Å². The van der Waals surface area contributed by atoms with Crippen molar-refractivity contribution in [2.45, 2.75) is 26.8 Å². The molecule has 30 heavy (non-hydrogen) atoms. The number of rotatable bonds is 5. The molecule has 4 aromatic heterocycles. The van der Waals surface area contributed by atoms with Crippen LogP contribution in [0.25, 0.3) is 27.8 Å². The largest absolute Gasteiger partial charge is 0.324 e. The van der Waals surface area contributed by atoms with E-state index in [1.807, 2.05) is 26.0 Å². The van der Waals surface area contributed by atoms with Crippen LogP contribution in [-0.4, -0.2) is 44.7 Å². The van der Waals surface area contributed by atoms with Gasteiger partial charge in [0.25, 0.3) is 6.43 Å². The van der Waals surface area contributed by atoms with Crippen molar-refractivity contribution in [2.75, 3.05) is 5.32 Å². The van der Waals surface area contributed by atoms with E-state index in [0.717, 1.165) is 45.1 Å². The lowest BCUT2D eigenvalue weighted by molar-refractivity contribution is 0.122. The average molecular weight is 427 g/mol. The molecule has 0 amide bonds. The summed E-state index contributed by atoms with van der Waals surface area (Å²) in [5.41, 5.74) is 5.26. The summed E-state index contributed by atoms with van der Waals surface area (Å²) in [4.78, 5) is 9.00. The number of hydrogen-bond acceptors (Lipinski definition) is 8. The maximum absolute atomic E-state index is 12.6. The Kier molecular flexibility index (Phi) is 4.35. The minimum absolute atomic E-state index is 0.384. The van der Waals surface area contributed by atoms with Gasteiger partial charge in [-0.3, -0.25) is 4.68 Å². The quantitative estimate of drug-likeness (QED) is 0.457. The van der Waals surface area contributed by atoms with Crippen LogP contribution in [0.1, 0.15) is 11.3 Å². The Hall–Kier alpha value is -3.54. The molecule has 0 saturated heterocycles. The first-order valence-electron chi connectivity index (χ1n) is 9.01. The summed E-state index contributed by atoms with van der Waals surface area (Å²) in [6.45, 7) is 3.32. The lowest BCUT2D eigenvalue weighted by Gasteiger charge is -2.08. The summed E-state index contributed by atoms with van der Waals surface area (Å²) in [6, 6.07) is 3.85. The summed E-state index contributed by atoms with van der Waals surface area (Å²) in [5, 5.41) is 12.4. The van der Waals surface area contributed by atoms with Crippen LogP contribution in [0.15, 0.2) is 30.7 Å². The molecule has 0 aliphatic carbocycles. The molecule has 12 heteroatoms. The summed E-state index contributed by atoms with van der Waals surface area (Å²) in [6.07, 6.45) is 2.20. The highest BCUT2D eigenvalue weighted by atomic mass is 32.1. The van der Waals surface area contributed by atoms with Gasteiger partial charge in [-0.1, -0.05) is 0 Å². The highest BCUT2D eigenvalue weighted by Gasteiger charge is 2.15. The van der Waals surface area contributed by atoms with E-state index < -0.39 is 13.0 Å². The van der Waals surface area contributed by atoms with E-state index in [2.05, 4.69) is 34.2 Å². The van der Waals surface area contributed by atoms with Crippen LogP contribution in [0.2, 0.25) is 0 Å². The predicted molar refractivity (Wildman–Crippen MR) is 109 cm³/mol. The van der Waals surface area contributed by atoms with Gasteiger partial charge in [0.05, 0.1) is 35.2 Å². The molecule has 1 aromatic carbocycles. The van der Waals surface area contributed by atoms with Crippen LogP contribution in [0, 0.1) is 13.8 Å². The molecule has 0 bridgehead atoms. The highest BCUT2D eigenvalue weighted by molar-refractivity contribution is 7.00. The van der Waals surface area contributed by atoms with Crippen molar-refractivity contribution in [3.05, 3.63) is 42.0 Å². The molecule has 5 aromatic rings. The fraction of sp³-hybridized carbons (Fsp3) is 0.222. The summed E-state index contributed by atoms with van der Waals surface area (Å²) in [5.74, 6) is 0.384. The SMILES string of the molecule is Cc1cc2nsnc2cc1Nc1ncc2c(C)nn(-c3cnn(CC(F)F)c3)c2n1. The van der Waals surface area contributed by atoms with Crippen molar-refractivity contribution in [3.63, 3.8) is 0 Å². The van der Waals surface area contributed by atoms with Crippen molar-refractivity contribution in [1.82, 2.24) is 38.3 Å². The Bertz CT molecular complexity index is 1370. The molecule has 0 radical (unpaired) electrons. The fourth-order valence-electron chi connectivity index (χ4n) is 3.18. The van der Waals surface area contributed by atoms with Gasteiger partial charge >= 0.3 is 0 Å². The summed E-state index contributed by atoms with van der Waals surface area (Å²) < 4.78 is 36.5. The minimum atomic E-state index is -2.49. The Morgan fingerprint density at radius 2 is 1.93 bits per heavy atom. The minimum Gasteiger partial charge on any atom is -0.324 e. The number of nitrogens with zero attached hydrogens (tertiary/aromatic N) is 8. The lowest BCUT2D eigenvalue weighted by Crippen LogP contribution is -2.06. The van der Waals surface area contributed by atoms with E-state index in [4.69, 9.17) is 0 Å². The second-order valence-electron chi connectivity index (χ2n) is 6.78. The first kappa shape index (κ1) is 18.5. The molecule has 0 aliphatic heterocycles. The third-order valence-electron chi connectivity index (χ3n) is 4.64. The van der Waals surface area contributed by atoms with Crippen LogP contribution >= 0.6 is 11.7 Å². The van der Waals surface area contributed by atoms with Crippen molar-refractivity contribution in [1.29, 1.82) is 0 Å². The first-order chi connectivity index (χ1) is 14.5. The van der Waals surface area contributed by atoms with Gasteiger partial charge in [0.1, 0.15) is 23.3 Å². The second kappa shape index (κ2) is 7.06. The molecule has 0 atom stereocenters. The number of aromatic nitrogens is 8. The smallest absolute Gasteiger partial charge is 0.257 e. The van der Waals surface area contributed by atoms with Gasteiger partial charge in [-0.2, -0.15) is 23.9 Å². The Morgan fingerprint density at radius 3 is 2.73 bits per heavy atom. The Morgan fingerprint density at radius 1 is 1.13 bits per heavy atom. The van der Waals surface area contributed by atoms with E-state index in [9.17, 15) is 8.78 Å². The number of nitrogens with one attached hydrogen (secondary N) is 1. The zero-order chi connectivity index (χ0) is 20.8. The molecule has 0 aliphatic rings. The molecule has 1 N–H and O–H groups in total. The molecule has 9 nitrogen and oxygen atoms in total. The van der Waals surface area contributed by atoms with Gasteiger partial charge < -0.3 is 5.32 Å². The van der Waals surface area contributed by atoms with E-state index >= 15 is 0 Å². The number of hydrogen-bond donors (Lipinski definition) is 1.